The van der Waals surface area contributed by atoms with Crippen molar-refractivity contribution >= 4 is 22.0 Å². The summed E-state index contributed by atoms with van der Waals surface area (Å²) in [7, 11) is -3.36. The van der Waals surface area contributed by atoms with E-state index < -0.39 is 34.3 Å². The molecular formula is C25H23F6N3O6S. The van der Waals surface area contributed by atoms with Gasteiger partial charge < -0.3 is 10.2 Å². The van der Waals surface area contributed by atoms with Gasteiger partial charge in [-0.05, 0) is 53.8 Å². The van der Waals surface area contributed by atoms with Crippen LogP contribution in [-0.2, 0) is 26.0 Å². The second-order valence-electron chi connectivity index (χ2n) is 8.39. The lowest BCUT2D eigenvalue weighted by molar-refractivity contribution is -0.193. The Hall–Kier alpha value is -4.05. The van der Waals surface area contributed by atoms with Gasteiger partial charge in [-0.2, -0.15) is 30.6 Å². The third kappa shape index (κ3) is 9.82. The van der Waals surface area contributed by atoms with Gasteiger partial charge in [0.25, 0.3) is 0 Å². The molecule has 2 aromatic heterocycles. The van der Waals surface area contributed by atoms with Crippen LogP contribution in [0.1, 0.15) is 29.2 Å². The fraction of sp³-hybridized carbons (Fsp3) is 0.280. The van der Waals surface area contributed by atoms with Gasteiger partial charge in [0.2, 0.25) is 10.0 Å². The zero-order chi connectivity index (χ0) is 31.0. The van der Waals surface area contributed by atoms with Crippen molar-refractivity contribution in [3.63, 3.8) is 0 Å². The van der Waals surface area contributed by atoms with Crippen LogP contribution in [0.25, 0.3) is 11.3 Å². The van der Waals surface area contributed by atoms with Gasteiger partial charge in [0.15, 0.2) is 0 Å². The quantitative estimate of drug-likeness (QED) is 0.409. The highest BCUT2D eigenvalue weighted by molar-refractivity contribution is 7.88. The number of carboxylic acid groups (broad SMARTS) is 2. The maximum Gasteiger partial charge on any atom is 0.490 e. The zero-order valence-electron chi connectivity index (χ0n) is 21.1. The minimum Gasteiger partial charge on any atom is -0.475 e. The third-order valence-electron chi connectivity index (χ3n) is 5.45. The van der Waals surface area contributed by atoms with E-state index in [0.29, 0.717) is 6.54 Å². The molecule has 0 aliphatic carbocycles. The summed E-state index contributed by atoms with van der Waals surface area (Å²) >= 11 is 0. The van der Waals surface area contributed by atoms with Gasteiger partial charge in [0.1, 0.15) is 0 Å². The number of aromatic nitrogens is 2. The summed E-state index contributed by atoms with van der Waals surface area (Å²) in [5.74, 6) is -5.51. The van der Waals surface area contributed by atoms with E-state index in [1.165, 1.54) is 11.8 Å². The van der Waals surface area contributed by atoms with Gasteiger partial charge in [-0.1, -0.05) is 24.3 Å². The first kappa shape index (κ1) is 33.2. The van der Waals surface area contributed by atoms with E-state index >= 15 is 0 Å². The standard InChI is InChI=1S/C21H21N3O2S.2C2HF3O2/c1-27(25,26)24-14-4-6-16-5-2-3-7-19(16)21(24)18-10-13-23-20(15-18)17-8-11-22-12-9-17;2*3-2(4,5)1(6)7/h2-3,5,7-13,15,21H,4,6,14H2,1H3;2*(H,6,7). The molecule has 0 saturated heterocycles. The molecule has 1 aromatic carbocycles. The first-order chi connectivity index (χ1) is 18.9. The Labute approximate surface area is 230 Å². The van der Waals surface area contributed by atoms with Crippen molar-refractivity contribution in [2.75, 3.05) is 12.8 Å². The Bertz CT molecular complexity index is 1430. The molecule has 0 spiro atoms. The Kier molecular flexibility index (Phi) is 10.9. The van der Waals surface area contributed by atoms with Crippen molar-refractivity contribution in [1.82, 2.24) is 14.3 Å². The largest absolute Gasteiger partial charge is 0.490 e. The molecular weight excluding hydrogens is 584 g/mol. The van der Waals surface area contributed by atoms with E-state index in [1.807, 2.05) is 42.5 Å². The Morgan fingerprint density at radius 3 is 1.95 bits per heavy atom. The predicted molar refractivity (Wildman–Crippen MR) is 133 cm³/mol. The number of hydrogen-bond donors (Lipinski definition) is 2. The molecule has 0 bridgehead atoms. The highest BCUT2D eigenvalue weighted by Crippen LogP contribution is 2.36. The van der Waals surface area contributed by atoms with Gasteiger partial charge in [0.05, 0.1) is 18.0 Å². The number of rotatable bonds is 3. The lowest BCUT2D eigenvalue weighted by Crippen LogP contribution is -2.34. The summed E-state index contributed by atoms with van der Waals surface area (Å²) < 4.78 is 90.3. The molecule has 4 rings (SSSR count). The van der Waals surface area contributed by atoms with E-state index in [2.05, 4.69) is 16.0 Å². The van der Waals surface area contributed by atoms with Crippen LogP contribution in [0.2, 0.25) is 0 Å². The molecule has 222 valence electrons. The monoisotopic (exact) mass is 607 g/mol. The van der Waals surface area contributed by atoms with Crippen molar-refractivity contribution in [3.8, 4) is 11.3 Å². The van der Waals surface area contributed by atoms with E-state index in [4.69, 9.17) is 19.8 Å². The average Bonchev–Trinajstić information content (AvgIpc) is 3.09. The fourth-order valence-electron chi connectivity index (χ4n) is 3.74. The smallest absolute Gasteiger partial charge is 0.475 e. The summed E-state index contributed by atoms with van der Waals surface area (Å²) in [4.78, 5) is 26.3. The molecule has 1 aliphatic rings. The van der Waals surface area contributed by atoms with Crippen molar-refractivity contribution in [2.45, 2.75) is 31.2 Å². The predicted octanol–water partition coefficient (Wildman–Crippen LogP) is 4.71. The first-order valence-electron chi connectivity index (χ1n) is 11.4. The topological polar surface area (TPSA) is 138 Å². The molecule has 1 atom stereocenters. The summed E-state index contributed by atoms with van der Waals surface area (Å²) in [6.07, 6.45) is -1.98. The van der Waals surface area contributed by atoms with Crippen LogP contribution in [0.3, 0.4) is 0 Å². The second-order valence-corrected chi connectivity index (χ2v) is 10.3. The number of carboxylic acids is 2. The lowest BCUT2D eigenvalue weighted by Gasteiger charge is -2.29. The van der Waals surface area contributed by atoms with Gasteiger partial charge in [0, 0.05) is 30.7 Å². The van der Waals surface area contributed by atoms with E-state index in [9.17, 15) is 34.8 Å². The molecule has 1 aliphatic heterocycles. The van der Waals surface area contributed by atoms with Crippen LogP contribution < -0.4 is 0 Å². The summed E-state index contributed by atoms with van der Waals surface area (Å²) in [6, 6.07) is 15.5. The average molecular weight is 608 g/mol. The third-order valence-corrected chi connectivity index (χ3v) is 6.69. The molecule has 0 fully saturated rings. The number of alkyl halides is 6. The number of halogens is 6. The molecule has 3 heterocycles. The molecule has 0 amide bonds. The van der Waals surface area contributed by atoms with Crippen LogP contribution in [0.4, 0.5) is 26.3 Å². The Morgan fingerprint density at radius 2 is 1.44 bits per heavy atom. The molecule has 0 saturated carbocycles. The summed E-state index contributed by atoms with van der Waals surface area (Å²) in [5, 5.41) is 14.2. The molecule has 3 aromatic rings. The number of fused-ring (bicyclic) bond motifs is 1. The Balaban J connectivity index is 0.000000349. The van der Waals surface area contributed by atoms with Crippen molar-refractivity contribution in [1.29, 1.82) is 0 Å². The summed E-state index contributed by atoms with van der Waals surface area (Å²) in [5.41, 5.74) is 4.95. The molecule has 2 N–H and O–H groups in total. The van der Waals surface area contributed by atoms with Gasteiger partial charge in [-0.25, -0.2) is 18.0 Å². The number of pyridine rings is 2. The van der Waals surface area contributed by atoms with Crippen molar-refractivity contribution in [2.24, 2.45) is 0 Å². The summed E-state index contributed by atoms with van der Waals surface area (Å²) in [6.45, 7) is 0.505. The molecule has 16 heteroatoms. The van der Waals surface area contributed by atoms with E-state index in [0.717, 1.165) is 35.2 Å². The SMILES string of the molecule is CS(=O)(=O)N1CCCc2ccccc2C1c1ccnc(-c2ccncc2)c1.O=C(O)C(F)(F)F.O=C(O)C(F)(F)F. The van der Waals surface area contributed by atoms with E-state index in [1.54, 1.807) is 22.9 Å². The van der Waals surface area contributed by atoms with Crippen LogP contribution in [0, 0.1) is 0 Å². The minimum absolute atomic E-state index is 0.345. The molecule has 1 unspecified atom stereocenters. The van der Waals surface area contributed by atoms with Gasteiger partial charge in [-0.15, -0.1) is 0 Å². The van der Waals surface area contributed by atoms with Crippen LogP contribution in [0.15, 0.2) is 67.1 Å². The zero-order valence-corrected chi connectivity index (χ0v) is 21.9. The number of nitrogens with zero attached hydrogens (tertiary/aromatic N) is 3. The lowest BCUT2D eigenvalue weighted by atomic mass is 9.94. The number of hydrogen-bond acceptors (Lipinski definition) is 6. The maximum atomic E-state index is 12.6. The minimum atomic E-state index is -5.08. The number of carbonyl (C=O) groups is 2. The van der Waals surface area contributed by atoms with Crippen molar-refractivity contribution in [3.05, 3.63) is 83.8 Å². The van der Waals surface area contributed by atoms with Gasteiger partial charge in [-0.3, -0.25) is 9.97 Å². The van der Waals surface area contributed by atoms with Gasteiger partial charge >= 0.3 is 24.3 Å². The van der Waals surface area contributed by atoms with Crippen LogP contribution in [-0.4, -0.2) is 70.0 Å². The van der Waals surface area contributed by atoms with Crippen molar-refractivity contribution < 1.29 is 54.6 Å². The molecule has 0 radical (unpaired) electrons. The number of sulfonamides is 1. The number of aliphatic carboxylic acids is 2. The Morgan fingerprint density at radius 1 is 0.902 bits per heavy atom. The molecule has 41 heavy (non-hydrogen) atoms. The highest BCUT2D eigenvalue weighted by Gasteiger charge is 2.39. The number of aryl methyl sites for hydroxylation is 1. The van der Waals surface area contributed by atoms with Crippen LogP contribution >= 0.6 is 0 Å². The maximum absolute atomic E-state index is 12.6. The highest BCUT2D eigenvalue weighted by atomic mass is 32.2. The number of benzene rings is 1. The first-order valence-corrected chi connectivity index (χ1v) is 13.3. The second kappa shape index (κ2) is 13.5. The normalized spacial score (nSPS) is 15.6. The molecule has 9 nitrogen and oxygen atoms in total. The fourth-order valence-corrected chi connectivity index (χ4v) is 4.82. The van der Waals surface area contributed by atoms with Crippen LogP contribution in [0.5, 0.6) is 0 Å². The van der Waals surface area contributed by atoms with E-state index in [-0.39, 0.29) is 6.04 Å².